The van der Waals surface area contributed by atoms with Gasteiger partial charge in [-0.05, 0) is 49.4 Å². The van der Waals surface area contributed by atoms with Gasteiger partial charge >= 0.3 is 0 Å². The second-order valence-electron chi connectivity index (χ2n) is 7.48. The van der Waals surface area contributed by atoms with Crippen LogP contribution in [0.4, 0.5) is 15.8 Å². The van der Waals surface area contributed by atoms with Crippen LogP contribution in [-0.2, 0) is 14.8 Å². The molecule has 1 aliphatic heterocycles. The summed E-state index contributed by atoms with van der Waals surface area (Å²) in [5.74, 6) is -0.449. The zero-order valence-electron chi connectivity index (χ0n) is 17.4. The molecule has 162 valence electrons. The van der Waals surface area contributed by atoms with E-state index in [1.165, 1.54) is 38.4 Å². The van der Waals surface area contributed by atoms with Crippen molar-refractivity contribution in [1.82, 2.24) is 9.21 Å². The summed E-state index contributed by atoms with van der Waals surface area (Å²) < 4.78 is 38.8. The Morgan fingerprint density at radius 2 is 1.70 bits per heavy atom. The van der Waals surface area contributed by atoms with Crippen LogP contribution in [0.5, 0.6) is 0 Å². The van der Waals surface area contributed by atoms with Crippen molar-refractivity contribution in [3.8, 4) is 0 Å². The van der Waals surface area contributed by atoms with Crippen LogP contribution in [0.15, 0.2) is 53.4 Å². The molecular formula is C21H27FN4O3S. The van der Waals surface area contributed by atoms with E-state index in [0.29, 0.717) is 18.8 Å². The van der Waals surface area contributed by atoms with Gasteiger partial charge in [0.1, 0.15) is 5.82 Å². The number of carbonyl (C=O) groups excluding carboxylic acids is 1. The van der Waals surface area contributed by atoms with E-state index in [9.17, 15) is 17.6 Å². The third-order valence-corrected chi connectivity index (χ3v) is 7.12. The predicted molar refractivity (Wildman–Crippen MR) is 116 cm³/mol. The minimum Gasteiger partial charge on any atom is -0.369 e. The van der Waals surface area contributed by atoms with Crippen LogP contribution in [0.25, 0.3) is 0 Å². The number of benzene rings is 2. The average Bonchev–Trinajstić information content (AvgIpc) is 2.74. The van der Waals surface area contributed by atoms with Gasteiger partial charge in [-0.1, -0.05) is 6.07 Å². The van der Waals surface area contributed by atoms with E-state index in [1.807, 2.05) is 6.92 Å². The average molecular weight is 435 g/mol. The first-order valence-electron chi connectivity index (χ1n) is 9.76. The Morgan fingerprint density at radius 3 is 2.30 bits per heavy atom. The lowest BCUT2D eigenvalue weighted by molar-refractivity contribution is -0.120. The quantitative estimate of drug-likeness (QED) is 0.755. The maximum atomic E-state index is 13.1. The zero-order chi connectivity index (χ0) is 21.9. The number of amides is 1. The Hall–Kier alpha value is -2.49. The molecule has 1 aliphatic rings. The predicted octanol–water partition coefficient (Wildman–Crippen LogP) is 2.23. The number of sulfonamides is 1. The highest BCUT2D eigenvalue weighted by Crippen LogP contribution is 2.20. The van der Waals surface area contributed by atoms with Gasteiger partial charge in [0, 0.05) is 51.6 Å². The standard InChI is InChI=1S/C21H27FN4O3S/c1-16(25-11-13-26(14-12-25)19-9-7-17(22)8-10-19)21(27)23-18-5-4-6-20(15-18)30(28,29)24(2)3/h4-10,15-16H,11-14H2,1-3H3,(H,23,27). The summed E-state index contributed by atoms with van der Waals surface area (Å²) in [5.41, 5.74) is 1.41. The molecule has 1 N–H and O–H groups in total. The molecule has 0 aliphatic carbocycles. The van der Waals surface area contributed by atoms with E-state index in [-0.39, 0.29) is 22.7 Å². The second kappa shape index (κ2) is 9.11. The number of hydrogen-bond acceptors (Lipinski definition) is 5. The van der Waals surface area contributed by atoms with E-state index < -0.39 is 10.0 Å². The fraction of sp³-hybridized carbons (Fsp3) is 0.381. The van der Waals surface area contributed by atoms with Gasteiger partial charge in [-0.15, -0.1) is 0 Å². The number of halogens is 1. The van der Waals surface area contributed by atoms with Crippen molar-refractivity contribution in [3.63, 3.8) is 0 Å². The Kier molecular flexibility index (Phi) is 6.74. The Bertz CT molecular complexity index is 988. The van der Waals surface area contributed by atoms with Gasteiger partial charge in [0.05, 0.1) is 10.9 Å². The summed E-state index contributed by atoms with van der Waals surface area (Å²) in [5, 5.41) is 2.82. The fourth-order valence-electron chi connectivity index (χ4n) is 3.38. The van der Waals surface area contributed by atoms with Gasteiger partial charge in [0.25, 0.3) is 0 Å². The molecule has 0 radical (unpaired) electrons. The molecule has 7 nitrogen and oxygen atoms in total. The molecule has 0 spiro atoms. The molecule has 1 atom stereocenters. The summed E-state index contributed by atoms with van der Waals surface area (Å²) in [7, 11) is -0.635. The Labute approximate surface area is 177 Å². The zero-order valence-corrected chi connectivity index (χ0v) is 18.2. The highest BCUT2D eigenvalue weighted by atomic mass is 32.2. The van der Waals surface area contributed by atoms with Crippen molar-refractivity contribution in [2.24, 2.45) is 0 Å². The first kappa shape index (κ1) is 22.2. The van der Waals surface area contributed by atoms with Gasteiger partial charge in [0.15, 0.2) is 0 Å². The lowest BCUT2D eigenvalue weighted by atomic mass is 10.2. The van der Waals surface area contributed by atoms with Crippen LogP contribution in [0, 0.1) is 5.82 Å². The molecule has 3 rings (SSSR count). The maximum Gasteiger partial charge on any atom is 0.242 e. The minimum atomic E-state index is -3.57. The fourth-order valence-corrected chi connectivity index (χ4v) is 4.33. The van der Waals surface area contributed by atoms with Gasteiger partial charge in [0.2, 0.25) is 15.9 Å². The molecule has 1 unspecified atom stereocenters. The van der Waals surface area contributed by atoms with Crippen molar-refractivity contribution < 1.29 is 17.6 Å². The van der Waals surface area contributed by atoms with Crippen LogP contribution in [0.3, 0.4) is 0 Å². The van der Waals surface area contributed by atoms with Gasteiger partial charge < -0.3 is 10.2 Å². The summed E-state index contributed by atoms with van der Waals surface area (Å²) in [6, 6.07) is 12.3. The van der Waals surface area contributed by atoms with Crippen LogP contribution >= 0.6 is 0 Å². The molecule has 1 amide bonds. The summed E-state index contributed by atoms with van der Waals surface area (Å²) >= 11 is 0. The van der Waals surface area contributed by atoms with Gasteiger partial charge in [-0.25, -0.2) is 17.1 Å². The molecule has 2 aromatic rings. The Balaban J connectivity index is 1.60. The smallest absolute Gasteiger partial charge is 0.242 e. The molecule has 9 heteroatoms. The summed E-state index contributed by atoms with van der Waals surface area (Å²) in [6.45, 7) is 4.70. The van der Waals surface area contributed by atoms with E-state index in [2.05, 4.69) is 15.1 Å². The molecule has 30 heavy (non-hydrogen) atoms. The van der Waals surface area contributed by atoms with Crippen molar-refractivity contribution in [2.75, 3.05) is 50.5 Å². The SMILES string of the molecule is CC(C(=O)Nc1cccc(S(=O)(=O)N(C)C)c1)N1CCN(c2ccc(F)cc2)CC1. The largest absolute Gasteiger partial charge is 0.369 e. The number of nitrogens with one attached hydrogen (secondary N) is 1. The molecule has 0 saturated carbocycles. The van der Waals surface area contributed by atoms with E-state index in [4.69, 9.17) is 0 Å². The third kappa shape index (κ3) is 4.97. The molecule has 1 saturated heterocycles. The first-order chi connectivity index (χ1) is 14.2. The van der Waals surface area contributed by atoms with Crippen molar-refractivity contribution in [2.45, 2.75) is 17.9 Å². The number of piperazine rings is 1. The van der Waals surface area contributed by atoms with E-state index >= 15 is 0 Å². The summed E-state index contributed by atoms with van der Waals surface area (Å²) in [4.78, 5) is 17.1. The van der Waals surface area contributed by atoms with Crippen molar-refractivity contribution in [1.29, 1.82) is 0 Å². The maximum absolute atomic E-state index is 13.1. The summed E-state index contributed by atoms with van der Waals surface area (Å²) in [6.07, 6.45) is 0. The number of hydrogen-bond donors (Lipinski definition) is 1. The van der Waals surface area contributed by atoms with Crippen LogP contribution in [0.1, 0.15) is 6.92 Å². The molecule has 2 aromatic carbocycles. The topological polar surface area (TPSA) is 73.0 Å². The van der Waals surface area contributed by atoms with Gasteiger partial charge in [-0.3, -0.25) is 9.69 Å². The van der Waals surface area contributed by atoms with E-state index in [0.717, 1.165) is 23.1 Å². The molecule has 1 heterocycles. The van der Waals surface area contributed by atoms with Crippen LogP contribution in [0.2, 0.25) is 0 Å². The second-order valence-corrected chi connectivity index (χ2v) is 9.63. The third-order valence-electron chi connectivity index (χ3n) is 5.31. The van der Waals surface area contributed by atoms with Crippen LogP contribution in [-0.4, -0.2) is 69.8 Å². The van der Waals surface area contributed by atoms with Crippen LogP contribution < -0.4 is 10.2 Å². The molecular weight excluding hydrogens is 407 g/mol. The molecule has 0 bridgehead atoms. The number of carbonyl (C=O) groups is 1. The lowest BCUT2D eigenvalue weighted by Crippen LogP contribution is -2.52. The van der Waals surface area contributed by atoms with Gasteiger partial charge in [-0.2, -0.15) is 0 Å². The molecule has 0 aromatic heterocycles. The minimum absolute atomic E-state index is 0.130. The Morgan fingerprint density at radius 1 is 1.07 bits per heavy atom. The normalized spacial score (nSPS) is 16.5. The highest BCUT2D eigenvalue weighted by Gasteiger charge is 2.26. The molecule has 1 fully saturated rings. The highest BCUT2D eigenvalue weighted by molar-refractivity contribution is 7.89. The number of rotatable bonds is 6. The number of anilines is 2. The van der Waals surface area contributed by atoms with E-state index in [1.54, 1.807) is 24.3 Å². The first-order valence-corrected chi connectivity index (χ1v) is 11.2. The monoisotopic (exact) mass is 434 g/mol. The lowest BCUT2D eigenvalue weighted by Gasteiger charge is -2.38. The van der Waals surface area contributed by atoms with Crippen molar-refractivity contribution in [3.05, 3.63) is 54.3 Å². The van der Waals surface area contributed by atoms with Crippen molar-refractivity contribution >= 4 is 27.3 Å². The number of nitrogens with zero attached hydrogens (tertiary/aromatic N) is 3.